The second-order valence-corrected chi connectivity index (χ2v) is 6.72. The maximum absolute atomic E-state index is 13.6. The molecule has 0 aliphatic heterocycles. The predicted octanol–water partition coefficient (Wildman–Crippen LogP) is 4.64. The molecule has 5 nitrogen and oxygen atoms in total. The van der Waals surface area contributed by atoms with Gasteiger partial charge in [0.25, 0.3) is 0 Å². The van der Waals surface area contributed by atoms with Gasteiger partial charge in [0, 0.05) is 5.56 Å². The summed E-state index contributed by atoms with van der Waals surface area (Å²) in [6.07, 6.45) is -5.82. The van der Waals surface area contributed by atoms with Gasteiger partial charge in [-0.15, -0.1) is 0 Å². The van der Waals surface area contributed by atoms with E-state index in [4.69, 9.17) is 16.2 Å². The Kier molecular flexibility index (Phi) is 4.27. The number of primary amides is 1. The number of halogens is 3. The van der Waals surface area contributed by atoms with Crippen molar-refractivity contribution in [2.45, 2.75) is 20.0 Å². The average Bonchev–Trinajstić information content (AvgIpc) is 2.83. The van der Waals surface area contributed by atoms with Gasteiger partial charge in [-0.2, -0.15) is 13.2 Å². The first-order valence-corrected chi connectivity index (χ1v) is 8.24. The fraction of sp³-hybridized carbons (Fsp3) is 0.176. The molecule has 136 valence electrons. The zero-order chi connectivity index (χ0) is 19.2. The summed E-state index contributed by atoms with van der Waals surface area (Å²) in [6, 6.07) is 6.23. The molecule has 2 aromatic heterocycles. The van der Waals surface area contributed by atoms with Gasteiger partial charge in [0.1, 0.15) is 4.83 Å². The van der Waals surface area contributed by atoms with E-state index in [2.05, 4.69) is 4.98 Å². The highest BCUT2D eigenvalue weighted by atomic mass is 32.1. The Bertz CT molecular complexity index is 1030. The molecular formula is C17H14F3N3O2S. The monoisotopic (exact) mass is 381 g/mol. The van der Waals surface area contributed by atoms with E-state index in [0.29, 0.717) is 5.56 Å². The topological polar surface area (TPSA) is 91.2 Å². The lowest BCUT2D eigenvalue weighted by atomic mass is 10.0. The van der Waals surface area contributed by atoms with Crippen LogP contribution in [0.3, 0.4) is 0 Å². The Balaban J connectivity index is 2.30. The van der Waals surface area contributed by atoms with Gasteiger partial charge < -0.3 is 16.2 Å². The lowest BCUT2D eigenvalue weighted by Crippen LogP contribution is -2.16. The number of carbonyl (C=O) groups is 1. The standard InChI is InChI=1S/C17H14F3N3O2S/c1-7-3-4-9(5-8(7)2)11-6-10(17(18,19)20)12-13(21)15(25-16(22)24)26-14(12)23-11/h3-6H,21H2,1-2H3,(H2,22,24). The number of carbonyl (C=O) groups excluding carboxylic acids is 1. The van der Waals surface area contributed by atoms with E-state index in [1.54, 1.807) is 12.1 Å². The molecule has 0 saturated heterocycles. The lowest BCUT2D eigenvalue weighted by Gasteiger charge is -2.12. The molecule has 3 rings (SSSR count). The number of ether oxygens (including phenoxy) is 1. The Labute approximate surface area is 150 Å². The fourth-order valence-electron chi connectivity index (χ4n) is 2.54. The molecule has 0 fully saturated rings. The fourth-order valence-corrected chi connectivity index (χ4v) is 3.52. The predicted molar refractivity (Wildman–Crippen MR) is 94.2 cm³/mol. The number of hydrogen-bond acceptors (Lipinski definition) is 5. The molecule has 0 atom stereocenters. The van der Waals surface area contributed by atoms with E-state index in [0.717, 1.165) is 28.5 Å². The zero-order valence-corrected chi connectivity index (χ0v) is 14.6. The SMILES string of the molecule is Cc1ccc(-c2cc(C(F)(F)F)c3c(N)c(OC(N)=O)sc3n2)cc1C. The second kappa shape index (κ2) is 6.17. The summed E-state index contributed by atoms with van der Waals surface area (Å²) in [7, 11) is 0. The molecule has 0 aliphatic rings. The number of alkyl halides is 3. The van der Waals surface area contributed by atoms with Crippen molar-refractivity contribution < 1.29 is 22.7 Å². The summed E-state index contributed by atoms with van der Waals surface area (Å²) < 4.78 is 45.5. The maximum Gasteiger partial charge on any atom is 0.417 e. The maximum atomic E-state index is 13.6. The smallest absolute Gasteiger partial charge is 0.397 e. The molecule has 0 unspecified atom stereocenters. The first kappa shape index (κ1) is 18.0. The molecule has 0 saturated carbocycles. The molecule has 9 heteroatoms. The summed E-state index contributed by atoms with van der Waals surface area (Å²) in [6.45, 7) is 3.77. The highest BCUT2D eigenvalue weighted by molar-refractivity contribution is 7.21. The summed E-state index contributed by atoms with van der Waals surface area (Å²) in [5, 5.41) is -0.505. The van der Waals surface area contributed by atoms with Crippen molar-refractivity contribution in [2.24, 2.45) is 5.73 Å². The molecule has 4 N–H and O–H groups in total. The number of aromatic nitrogens is 1. The molecular weight excluding hydrogens is 367 g/mol. The zero-order valence-electron chi connectivity index (χ0n) is 13.8. The van der Waals surface area contributed by atoms with Crippen LogP contribution >= 0.6 is 11.3 Å². The third kappa shape index (κ3) is 3.17. The van der Waals surface area contributed by atoms with Crippen molar-refractivity contribution in [1.29, 1.82) is 0 Å². The molecule has 0 radical (unpaired) electrons. The van der Waals surface area contributed by atoms with Crippen LogP contribution in [-0.2, 0) is 6.18 Å². The Hall–Kier alpha value is -2.81. The minimum absolute atomic E-state index is 0.0156. The number of benzene rings is 1. The van der Waals surface area contributed by atoms with Crippen molar-refractivity contribution >= 4 is 33.3 Å². The number of anilines is 1. The van der Waals surface area contributed by atoms with E-state index in [9.17, 15) is 18.0 Å². The Morgan fingerprint density at radius 1 is 1.19 bits per heavy atom. The van der Waals surface area contributed by atoms with Crippen LogP contribution in [-0.4, -0.2) is 11.1 Å². The first-order chi connectivity index (χ1) is 12.1. The van der Waals surface area contributed by atoms with Crippen LogP contribution in [0, 0.1) is 13.8 Å². The lowest BCUT2D eigenvalue weighted by molar-refractivity contribution is -0.136. The highest BCUT2D eigenvalue weighted by Crippen LogP contribution is 2.46. The number of nitrogens with two attached hydrogens (primary N) is 2. The van der Waals surface area contributed by atoms with Gasteiger partial charge in [0.05, 0.1) is 22.3 Å². The summed E-state index contributed by atoms with van der Waals surface area (Å²) in [4.78, 5) is 15.2. The van der Waals surface area contributed by atoms with Crippen LogP contribution in [0.15, 0.2) is 24.3 Å². The molecule has 26 heavy (non-hydrogen) atoms. The molecule has 0 spiro atoms. The third-order valence-electron chi connectivity index (χ3n) is 3.97. The molecule has 1 amide bonds. The van der Waals surface area contributed by atoms with Crippen molar-refractivity contribution in [3.8, 4) is 16.3 Å². The van der Waals surface area contributed by atoms with Crippen molar-refractivity contribution in [2.75, 3.05) is 5.73 Å². The van der Waals surface area contributed by atoms with Crippen LogP contribution in [0.5, 0.6) is 5.06 Å². The van der Waals surface area contributed by atoms with Gasteiger partial charge in [0.2, 0.25) is 5.06 Å². The van der Waals surface area contributed by atoms with Gasteiger partial charge >= 0.3 is 12.3 Å². The minimum atomic E-state index is -4.66. The van der Waals surface area contributed by atoms with E-state index >= 15 is 0 Å². The second-order valence-electron chi connectivity index (χ2n) is 5.76. The van der Waals surface area contributed by atoms with Crippen molar-refractivity contribution in [3.63, 3.8) is 0 Å². The van der Waals surface area contributed by atoms with Gasteiger partial charge in [0.15, 0.2) is 0 Å². The summed E-state index contributed by atoms with van der Waals surface area (Å²) in [5.74, 6) is 0. The third-order valence-corrected chi connectivity index (χ3v) is 4.94. The number of nitrogens with zero attached hydrogens (tertiary/aromatic N) is 1. The van der Waals surface area contributed by atoms with Crippen molar-refractivity contribution in [3.05, 3.63) is 41.0 Å². The number of pyridine rings is 1. The van der Waals surface area contributed by atoms with E-state index in [1.165, 1.54) is 0 Å². The molecule has 3 aromatic rings. The van der Waals surface area contributed by atoms with E-state index in [-0.39, 0.29) is 26.7 Å². The van der Waals surface area contributed by atoms with Crippen LogP contribution in [0.2, 0.25) is 0 Å². The van der Waals surface area contributed by atoms with Gasteiger partial charge in [-0.05, 0) is 37.1 Å². The molecule has 0 aliphatic carbocycles. The number of hydrogen-bond donors (Lipinski definition) is 2. The average molecular weight is 381 g/mol. The van der Waals surface area contributed by atoms with E-state index in [1.807, 2.05) is 19.9 Å². The summed E-state index contributed by atoms with van der Waals surface area (Å²) >= 11 is 0.740. The van der Waals surface area contributed by atoms with Gasteiger partial charge in [-0.1, -0.05) is 23.5 Å². The number of nitrogen functional groups attached to an aromatic ring is 1. The summed E-state index contributed by atoms with van der Waals surface area (Å²) in [5.41, 5.74) is 12.1. The van der Waals surface area contributed by atoms with Crippen LogP contribution in [0.4, 0.5) is 23.7 Å². The van der Waals surface area contributed by atoms with Crippen LogP contribution < -0.4 is 16.2 Å². The molecule has 0 bridgehead atoms. The molecule has 1 aromatic carbocycles. The first-order valence-electron chi connectivity index (χ1n) is 7.43. The van der Waals surface area contributed by atoms with Crippen LogP contribution in [0.25, 0.3) is 21.5 Å². The van der Waals surface area contributed by atoms with Gasteiger partial charge in [-0.25, -0.2) is 9.78 Å². The molecule has 2 heterocycles. The highest BCUT2D eigenvalue weighted by Gasteiger charge is 2.36. The van der Waals surface area contributed by atoms with Crippen LogP contribution in [0.1, 0.15) is 16.7 Å². The van der Waals surface area contributed by atoms with Gasteiger partial charge in [-0.3, -0.25) is 0 Å². The number of aryl methyl sites for hydroxylation is 2. The van der Waals surface area contributed by atoms with Crippen molar-refractivity contribution in [1.82, 2.24) is 4.98 Å². The Morgan fingerprint density at radius 3 is 2.46 bits per heavy atom. The van der Waals surface area contributed by atoms with E-state index < -0.39 is 17.8 Å². The largest absolute Gasteiger partial charge is 0.417 e. The Morgan fingerprint density at radius 2 is 1.88 bits per heavy atom. The number of rotatable bonds is 2. The number of amides is 1. The number of fused-ring (bicyclic) bond motifs is 1. The number of thiophene rings is 1. The quantitative estimate of drug-likeness (QED) is 0.677. The minimum Gasteiger partial charge on any atom is -0.397 e. The normalized spacial score (nSPS) is 11.7.